The molecule has 1 atom stereocenters. The molecule has 1 aliphatic rings. The zero-order valence-corrected chi connectivity index (χ0v) is 10.6. The summed E-state index contributed by atoms with van der Waals surface area (Å²) < 4.78 is 24.7. The molecule has 0 spiro atoms. The van der Waals surface area contributed by atoms with E-state index in [0.29, 0.717) is 29.9 Å². The molecule has 18 heavy (non-hydrogen) atoms. The molecule has 0 aromatic carbocycles. The van der Waals surface area contributed by atoms with Crippen LogP contribution in [0.25, 0.3) is 5.65 Å². The quantitative estimate of drug-likeness (QED) is 0.843. The van der Waals surface area contributed by atoms with Gasteiger partial charge < -0.3 is 5.73 Å². The summed E-state index contributed by atoms with van der Waals surface area (Å²) in [6.45, 7) is 0. The summed E-state index contributed by atoms with van der Waals surface area (Å²) >= 11 is 0. The number of fused-ring (bicyclic) bond motifs is 1. The highest BCUT2D eigenvalue weighted by molar-refractivity contribution is 7.91. The highest BCUT2D eigenvalue weighted by Gasteiger charge is 2.29. The van der Waals surface area contributed by atoms with Crippen LogP contribution in [0.1, 0.15) is 12.2 Å². The van der Waals surface area contributed by atoms with Crippen LogP contribution in [0.2, 0.25) is 0 Å². The maximum absolute atomic E-state index is 11.4. The van der Waals surface area contributed by atoms with Crippen LogP contribution < -0.4 is 5.73 Å². The fourth-order valence-corrected chi connectivity index (χ4v) is 4.25. The Morgan fingerprint density at radius 2 is 2.28 bits per heavy atom. The van der Waals surface area contributed by atoms with Crippen molar-refractivity contribution in [3.8, 4) is 0 Å². The number of hydrogen-bond acceptors (Lipinski definition) is 5. The number of hydrogen-bond donors (Lipinski definition) is 1. The number of nitrogens with two attached hydrogens (primary N) is 1. The van der Waals surface area contributed by atoms with Gasteiger partial charge in [0, 0.05) is 24.4 Å². The lowest BCUT2D eigenvalue weighted by atomic mass is 10.1. The van der Waals surface area contributed by atoms with Gasteiger partial charge in [0.25, 0.3) is 0 Å². The minimum atomic E-state index is -2.84. The maximum atomic E-state index is 11.4. The van der Waals surface area contributed by atoms with Crippen LogP contribution in [0.5, 0.6) is 0 Å². The summed E-state index contributed by atoms with van der Waals surface area (Å²) in [5.74, 6) is 1.50. The van der Waals surface area contributed by atoms with Gasteiger partial charge in [-0.2, -0.15) is 0 Å². The third-order valence-corrected chi connectivity index (χ3v) is 5.14. The number of pyridine rings is 1. The number of nitrogen functional groups attached to an aromatic ring is 1. The van der Waals surface area contributed by atoms with Crippen molar-refractivity contribution >= 4 is 21.2 Å². The van der Waals surface area contributed by atoms with E-state index in [9.17, 15) is 8.42 Å². The normalized spacial score (nSPS) is 22.6. The first-order chi connectivity index (χ1) is 8.53. The van der Waals surface area contributed by atoms with Crippen LogP contribution in [0.15, 0.2) is 18.3 Å². The van der Waals surface area contributed by atoms with Gasteiger partial charge in [-0.05, 0) is 18.4 Å². The molecule has 3 rings (SSSR count). The second-order valence-electron chi connectivity index (χ2n) is 4.78. The molecule has 1 saturated heterocycles. The Morgan fingerprint density at radius 3 is 3.00 bits per heavy atom. The van der Waals surface area contributed by atoms with E-state index >= 15 is 0 Å². The molecule has 2 aromatic heterocycles. The van der Waals surface area contributed by atoms with Crippen LogP contribution in [0.3, 0.4) is 0 Å². The number of nitrogens with zero attached hydrogens (tertiary/aromatic N) is 3. The van der Waals surface area contributed by atoms with Gasteiger partial charge in [0.05, 0.1) is 11.5 Å². The first kappa shape index (κ1) is 11.5. The van der Waals surface area contributed by atoms with E-state index in [1.807, 2.05) is 10.6 Å². The number of anilines is 1. The molecule has 6 nitrogen and oxygen atoms in total. The summed E-state index contributed by atoms with van der Waals surface area (Å²) in [7, 11) is -2.84. The predicted molar refractivity (Wildman–Crippen MR) is 67.9 cm³/mol. The van der Waals surface area contributed by atoms with Crippen LogP contribution in [0.4, 0.5) is 5.69 Å². The van der Waals surface area contributed by atoms with Crippen molar-refractivity contribution in [3.63, 3.8) is 0 Å². The largest absolute Gasteiger partial charge is 0.399 e. The molecule has 0 aliphatic carbocycles. The SMILES string of the molecule is Nc1ccn2c(CC3CCS(=O)(=O)C3)nnc2c1. The third-order valence-electron chi connectivity index (χ3n) is 3.30. The van der Waals surface area contributed by atoms with E-state index in [2.05, 4.69) is 10.2 Å². The van der Waals surface area contributed by atoms with E-state index in [1.54, 1.807) is 12.1 Å². The van der Waals surface area contributed by atoms with Gasteiger partial charge in [0.15, 0.2) is 15.5 Å². The molecule has 0 radical (unpaired) electrons. The van der Waals surface area contributed by atoms with Gasteiger partial charge in [-0.1, -0.05) is 0 Å². The fourth-order valence-electron chi connectivity index (χ4n) is 2.39. The Kier molecular flexibility index (Phi) is 2.51. The van der Waals surface area contributed by atoms with Crippen molar-refractivity contribution in [2.24, 2.45) is 5.92 Å². The molecule has 3 heterocycles. The molecule has 0 saturated carbocycles. The van der Waals surface area contributed by atoms with Crippen LogP contribution in [-0.4, -0.2) is 34.5 Å². The minimum absolute atomic E-state index is 0.153. The van der Waals surface area contributed by atoms with Crippen LogP contribution in [-0.2, 0) is 16.3 Å². The van der Waals surface area contributed by atoms with E-state index in [-0.39, 0.29) is 11.7 Å². The Morgan fingerprint density at radius 1 is 1.44 bits per heavy atom. The fraction of sp³-hybridized carbons (Fsp3) is 0.455. The average Bonchev–Trinajstić information content (AvgIpc) is 2.83. The zero-order valence-electron chi connectivity index (χ0n) is 9.78. The number of sulfone groups is 1. The van der Waals surface area contributed by atoms with Gasteiger partial charge in [-0.3, -0.25) is 4.40 Å². The first-order valence-corrected chi connectivity index (χ1v) is 7.65. The van der Waals surface area contributed by atoms with Gasteiger partial charge in [-0.25, -0.2) is 8.42 Å². The molecule has 2 aromatic rings. The van der Waals surface area contributed by atoms with Crippen molar-refractivity contribution in [3.05, 3.63) is 24.2 Å². The molecule has 1 fully saturated rings. The van der Waals surface area contributed by atoms with Crippen molar-refractivity contribution < 1.29 is 8.42 Å². The molecule has 0 amide bonds. The van der Waals surface area contributed by atoms with Crippen molar-refractivity contribution in [2.45, 2.75) is 12.8 Å². The van der Waals surface area contributed by atoms with Crippen LogP contribution in [0, 0.1) is 5.92 Å². The Labute approximate surface area is 105 Å². The molecular weight excluding hydrogens is 252 g/mol. The predicted octanol–water partition coefficient (Wildman–Crippen LogP) is 0.289. The van der Waals surface area contributed by atoms with Crippen LogP contribution >= 0.6 is 0 Å². The van der Waals surface area contributed by atoms with E-state index in [0.717, 1.165) is 5.82 Å². The van der Waals surface area contributed by atoms with Crippen molar-refractivity contribution in [1.29, 1.82) is 0 Å². The Bertz CT molecular complexity index is 692. The lowest BCUT2D eigenvalue weighted by Crippen LogP contribution is -2.09. The van der Waals surface area contributed by atoms with Gasteiger partial charge in [-0.15, -0.1) is 10.2 Å². The topological polar surface area (TPSA) is 90.3 Å². The highest BCUT2D eigenvalue weighted by atomic mass is 32.2. The molecule has 1 unspecified atom stereocenters. The molecule has 7 heteroatoms. The monoisotopic (exact) mass is 266 g/mol. The summed E-state index contributed by atoms with van der Waals surface area (Å²) in [5, 5.41) is 8.15. The standard InChI is InChI=1S/C11H14N4O2S/c12-9-1-3-15-10(13-14-11(15)6-9)5-8-2-4-18(16,17)7-8/h1,3,6,8H,2,4-5,7,12H2. The van der Waals surface area contributed by atoms with Crippen molar-refractivity contribution in [2.75, 3.05) is 17.2 Å². The van der Waals surface area contributed by atoms with E-state index in [4.69, 9.17) is 5.73 Å². The van der Waals surface area contributed by atoms with E-state index in [1.165, 1.54) is 0 Å². The zero-order chi connectivity index (χ0) is 12.8. The number of aromatic nitrogens is 3. The van der Waals surface area contributed by atoms with Gasteiger partial charge in [0.1, 0.15) is 5.82 Å². The lowest BCUT2D eigenvalue weighted by Gasteiger charge is -2.05. The second-order valence-corrected chi connectivity index (χ2v) is 7.01. The highest BCUT2D eigenvalue weighted by Crippen LogP contribution is 2.22. The summed E-state index contributed by atoms with van der Waals surface area (Å²) in [6.07, 6.45) is 3.18. The molecular formula is C11H14N4O2S. The van der Waals surface area contributed by atoms with Crippen molar-refractivity contribution in [1.82, 2.24) is 14.6 Å². The molecule has 2 N–H and O–H groups in total. The minimum Gasteiger partial charge on any atom is -0.399 e. The molecule has 1 aliphatic heterocycles. The van der Waals surface area contributed by atoms with E-state index < -0.39 is 9.84 Å². The average molecular weight is 266 g/mol. The third kappa shape index (κ3) is 2.05. The second kappa shape index (κ2) is 3.94. The maximum Gasteiger partial charge on any atom is 0.162 e. The molecule has 0 bridgehead atoms. The number of rotatable bonds is 2. The molecule has 96 valence electrons. The smallest absolute Gasteiger partial charge is 0.162 e. The summed E-state index contributed by atoms with van der Waals surface area (Å²) in [5.41, 5.74) is 7.02. The summed E-state index contributed by atoms with van der Waals surface area (Å²) in [4.78, 5) is 0. The van der Waals surface area contributed by atoms with Gasteiger partial charge >= 0.3 is 0 Å². The summed E-state index contributed by atoms with van der Waals surface area (Å²) in [6, 6.07) is 3.53. The lowest BCUT2D eigenvalue weighted by molar-refractivity contribution is 0.566. The van der Waals surface area contributed by atoms with Gasteiger partial charge in [0.2, 0.25) is 0 Å². The Balaban J connectivity index is 1.87. The first-order valence-electron chi connectivity index (χ1n) is 5.83. The Hall–Kier alpha value is -1.63.